The molecular weight excluding hydrogens is 1320 g/mol. The number of hydrogen-bond acceptors (Lipinski definition) is 15. The van der Waals surface area contributed by atoms with Crippen molar-refractivity contribution in [3.63, 3.8) is 0 Å². The predicted octanol–water partition coefficient (Wildman–Crippen LogP) is 24.7. The molecule has 0 saturated carbocycles. The first-order valence-electron chi connectivity index (χ1n) is 42.5. The van der Waals surface area contributed by atoms with Crippen LogP contribution in [0.4, 0.5) is 0 Å². The summed E-state index contributed by atoms with van der Waals surface area (Å²) in [6, 6.07) is 0. The van der Waals surface area contributed by atoms with Crippen LogP contribution >= 0.6 is 15.6 Å². The van der Waals surface area contributed by atoms with E-state index >= 15 is 0 Å². The summed E-state index contributed by atoms with van der Waals surface area (Å²) >= 11 is 0. The number of hydrogen-bond donors (Lipinski definition) is 3. The fourth-order valence-electron chi connectivity index (χ4n) is 12.7. The highest BCUT2D eigenvalue weighted by atomic mass is 31.2. The summed E-state index contributed by atoms with van der Waals surface area (Å²) in [5.74, 6) is -0.539. The van der Waals surface area contributed by atoms with Crippen molar-refractivity contribution in [1.82, 2.24) is 0 Å². The lowest BCUT2D eigenvalue weighted by Gasteiger charge is -2.21. The van der Waals surface area contributed by atoms with E-state index in [1.807, 2.05) is 0 Å². The zero-order valence-electron chi connectivity index (χ0n) is 66.2. The van der Waals surface area contributed by atoms with Crippen molar-refractivity contribution in [3.8, 4) is 0 Å². The number of carbonyl (C=O) groups is 4. The van der Waals surface area contributed by atoms with Gasteiger partial charge in [0.05, 0.1) is 26.4 Å². The number of esters is 4. The largest absolute Gasteiger partial charge is 0.472 e. The van der Waals surface area contributed by atoms with E-state index in [1.165, 1.54) is 250 Å². The van der Waals surface area contributed by atoms with Crippen molar-refractivity contribution in [1.29, 1.82) is 0 Å². The van der Waals surface area contributed by atoms with Crippen molar-refractivity contribution in [2.45, 2.75) is 452 Å². The molecule has 0 aromatic heterocycles. The van der Waals surface area contributed by atoms with Gasteiger partial charge in [-0.1, -0.05) is 382 Å². The van der Waals surface area contributed by atoms with Gasteiger partial charge in [-0.25, -0.2) is 9.13 Å². The summed E-state index contributed by atoms with van der Waals surface area (Å²) in [4.78, 5) is 73.1. The first-order chi connectivity index (χ1) is 48.9. The van der Waals surface area contributed by atoms with Gasteiger partial charge in [-0.3, -0.25) is 37.3 Å². The summed E-state index contributed by atoms with van der Waals surface area (Å²) in [6.45, 7) is 9.66. The normalized spacial score (nSPS) is 14.2. The summed E-state index contributed by atoms with van der Waals surface area (Å²) in [6.07, 6.45) is 63.8. The molecule has 0 radical (unpaired) electrons. The standard InChI is InChI=1S/C82H160O17P2/c1-7-10-12-14-16-18-20-22-23-24-25-26-27-28-33-37-41-48-54-60-66-81(86)98-77(70-92-80(85)65-59-53-47-40-36-32-30-29-31-34-38-44-50-56-62-74(4)5)72-96-100(88,89)94-68-76(83)69-95-101(90,91)97-73-78(99-82(87)67-61-55-49-43-42-45-51-57-63-75(6)9-3)71-93-79(84)64-58-52-46-39-35-21-19-17-15-13-11-8-2/h74-78,83H,7-73H2,1-6H3,(H,88,89)(H,90,91)/t75?,76-,77-,78-/m1/s1. The van der Waals surface area contributed by atoms with Crippen LogP contribution < -0.4 is 0 Å². The quantitative estimate of drug-likeness (QED) is 0.0222. The van der Waals surface area contributed by atoms with E-state index < -0.39 is 97.5 Å². The molecule has 0 aliphatic carbocycles. The Hall–Kier alpha value is -1.94. The Morgan fingerprint density at radius 2 is 0.505 bits per heavy atom. The van der Waals surface area contributed by atoms with E-state index in [0.29, 0.717) is 25.7 Å². The van der Waals surface area contributed by atoms with Crippen molar-refractivity contribution < 1.29 is 80.2 Å². The van der Waals surface area contributed by atoms with Gasteiger partial charge in [0.15, 0.2) is 12.2 Å². The summed E-state index contributed by atoms with van der Waals surface area (Å²) in [7, 11) is -9.92. The fourth-order valence-corrected chi connectivity index (χ4v) is 14.3. The van der Waals surface area contributed by atoms with E-state index in [0.717, 1.165) is 102 Å². The average molecular weight is 1480 g/mol. The number of phosphoric acid groups is 2. The van der Waals surface area contributed by atoms with E-state index in [1.54, 1.807) is 0 Å². The predicted molar refractivity (Wildman–Crippen MR) is 414 cm³/mol. The number of phosphoric ester groups is 2. The third-order valence-electron chi connectivity index (χ3n) is 19.6. The average Bonchev–Trinajstić information content (AvgIpc) is 0.921. The molecule has 3 unspecified atom stereocenters. The summed E-state index contributed by atoms with van der Waals surface area (Å²) in [5, 5.41) is 10.6. The van der Waals surface area contributed by atoms with Gasteiger partial charge in [-0.05, 0) is 37.5 Å². The lowest BCUT2D eigenvalue weighted by atomic mass is 9.99. The molecule has 3 N–H and O–H groups in total. The minimum atomic E-state index is -4.96. The molecule has 0 aliphatic rings. The minimum absolute atomic E-state index is 0.106. The number of aliphatic hydroxyl groups is 1. The molecule has 0 saturated heterocycles. The highest BCUT2D eigenvalue weighted by Gasteiger charge is 2.30. The van der Waals surface area contributed by atoms with Crippen molar-refractivity contribution in [3.05, 3.63) is 0 Å². The lowest BCUT2D eigenvalue weighted by molar-refractivity contribution is -0.161. The highest BCUT2D eigenvalue weighted by Crippen LogP contribution is 2.45. The Balaban J connectivity index is 5.24. The smallest absolute Gasteiger partial charge is 0.462 e. The Labute approximate surface area is 619 Å². The van der Waals surface area contributed by atoms with Crippen LogP contribution in [0.15, 0.2) is 0 Å². The Morgan fingerprint density at radius 3 is 0.752 bits per heavy atom. The Bertz CT molecular complexity index is 1940. The van der Waals surface area contributed by atoms with Gasteiger partial charge in [-0.15, -0.1) is 0 Å². The van der Waals surface area contributed by atoms with E-state index in [4.69, 9.17) is 37.0 Å². The Morgan fingerprint density at radius 1 is 0.287 bits per heavy atom. The molecule has 0 spiro atoms. The minimum Gasteiger partial charge on any atom is -0.462 e. The topological polar surface area (TPSA) is 237 Å². The van der Waals surface area contributed by atoms with Gasteiger partial charge >= 0.3 is 39.5 Å². The van der Waals surface area contributed by atoms with E-state index in [9.17, 15) is 43.2 Å². The molecule has 0 amide bonds. The van der Waals surface area contributed by atoms with Crippen molar-refractivity contribution in [2.24, 2.45) is 11.8 Å². The molecule has 0 bridgehead atoms. The third kappa shape index (κ3) is 74.7. The van der Waals surface area contributed by atoms with Crippen LogP contribution in [0, 0.1) is 11.8 Å². The molecule has 600 valence electrons. The van der Waals surface area contributed by atoms with E-state index in [-0.39, 0.29) is 25.7 Å². The first-order valence-corrected chi connectivity index (χ1v) is 45.5. The van der Waals surface area contributed by atoms with Crippen molar-refractivity contribution >= 4 is 39.5 Å². The van der Waals surface area contributed by atoms with Gasteiger partial charge in [0, 0.05) is 25.7 Å². The fraction of sp³-hybridized carbons (Fsp3) is 0.951. The summed E-state index contributed by atoms with van der Waals surface area (Å²) < 4.78 is 68.8. The summed E-state index contributed by atoms with van der Waals surface area (Å²) in [5.41, 5.74) is 0. The molecule has 0 aromatic carbocycles. The maximum atomic E-state index is 13.1. The second kappa shape index (κ2) is 73.6. The van der Waals surface area contributed by atoms with Crippen LogP contribution in [0.5, 0.6) is 0 Å². The van der Waals surface area contributed by atoms with Crippen LogP contribution in [-0.2, 0) is 65.4 Å². The number of ether oxygens (including phenoxy) is 4. The highest BCUT2D eigenvalue weighted by molar-refractivity contribution is 7.47. The molecule has 0 rings (SSSR count). The molecule has 0 aromatic rings. The van der Waals surface area contributed by atoms with Gasteiger partial charge < -0.3 is 33.8 Å². The molecule has 19 heteroatoms. The molecule has 101 heavy (non-hydrogen) atoms. The van der Waals surface area contributed by atoms with E-state index in [2.05, 4.69) is 41.5 Å². The van der Waals surface area contributed by atoms with Gasteiger partial charge in [0.1, 0.15) is 19.3 Å². The molecular formula is C82H160O17P2. The molecule has 0 heterocycles. The van der Waals surface area contributed by atoms with Crippen LogP contribution in [0.2, 0.25) is 0 Å². The zero-order chi connectivity index (χ0) is 74.2. The maximum Gasteiger partial charge on any atom is 0.472 e. The number of carbonyl (C=O) groups excluding carboxylic acids is 4. The first kappa shape index (κ1) is 99.1. The molecule has 0 aliphatic heterocycles. The maximum absolute atomic E-state index is 13.1. The second-order valence-electron chi connectivity index (χ2n) is 30.2. The van der Waals surface area contributed by atoms with Crippen LogP contribution in [0.25, 0.3) is 0 Å². The second-order valence-corrected chi connectivity index (χ2v) is 33.1. The van der Waals surface area contributed by atoms with Crippen LogP contribution in [-0.4, -0.2) is 96.7 Å². The number of unbranched alkanes of at least 4 members (excludes halogenated alkanes) is 50. The zero-order valence-corrected chi connectivity index (χ0v) is 68.0. The molecule has 6 atom stereocenters. The molecule has 0 fully saturated rings. The van der Waals surface area contributed by atoms with Gasteiger partial charge in [-0.2, -0.15) is 0 Å². The number of rotatable bonds is 81. The number of aliphatic hydroxyl groups excluding tert-OH is 1. The third-order valence-corrected chi connectivity index (χ3v) is 21.5. The van der Waals surface area contributed by atoms with Crippen LogP contribution in [0.3, 0.4) is 0 Å². The van der Waals surface area contributed by atoms with Crippen molar-refractivity contribution in [2.75, 3.05) is 39.6 Å². The molecule has 17 nitrogen and oxygen atoms in total. The van der Waals surface area contributed by atoms with Crippen LogP contribution in [0.1, 0.15) is 433 Å². The van der Waals surface area contributed by atoms with Gasteiger partial charge in [0.2, 0.25) is 0 Å². The monoisotopic (exact) mass is 1480 g/mol. The van der Waals surface area contributed by atoms with Gasteiger partial charge in [0.25, 0.3) is 0 Å². The Kier molecular flexibility index (Phi) is 72.2. The lowest BCUT2D eigenvalue weighted by Crippen LogP contribution is -2.30. The SMILES string of the molecule is CCCCCCCCCCCCCCCCCCCCCCC(=O)O[C@H](COC(=O)CCCCCCCCCCCCCCCCC(C)C)COP(=O)(O)OC[C@@H](O)COP(=O)(O)OC[C@@H](COC(=O)CCCCCCCCCCCCCC)OC(=O)CCCCCCCCCCC(C)CC.